The van der Waals surface area contributed by atoms with Crippen molar-refractivity contribution in [2.75, 3.05) is 10.2 Å². The highest BCUT2D eigenvalue weighted by molar-refractivity contribution is 5.51. The number of hydrogen-bond acceptors (Lipinski definition) is 4. The van der Waals surface area contributed by atoms with Gasteiger partial charge in [0.05, 0.1) is 5.69 Å². The van der Waals surface area contributed by atoms with Crippen LogP contribution in [0.3, 0.4) is 0 Å². The average Bonchev–Trinajstić information content (AvgIpc) is 3.13. The summed E-state index contributed by atoms with van der Waals surface area (Å²) in [6.07, 6.45) is 6.12. The van der Waals surface area contributed by atoms with Gasteiger partial charge in [-0.3, -0.25) is 0 Å². The standard InChI is InChI=1S/C23H32N4/c1-16(2)20-13-21(26-22(25-20)24-19-11-7-8-12-19)27-15-18-10-6-5-9-17(18)14-23(27,3)4/h5-6,9-10,13,16,19H,7-8,11-12,14-15H2,1-4H3,(H,24,25,26). The lowest BCUT2D eigenvalue weighted by Gasteiger charge is -2.44. The van der Waals surface area contributed by atoms with E-state index in [9.17, 15) is 0 Å². The fourth-order valence-corrected chi connectivity index (χ4v) is 4.43. The fourth-order valence-electron chi connectivity index (χ4n) is 4.43. The Bertz CT molecular complexity index is 806. The van der Waals surface area contributed by atoms with Crippen molar-refractivity contribution in [3.63, 3.8) is 0 Å². The Hall–Kier alpha value is -2.10. The Balaban J connectivity index is 1.70. The first kappa shape index (κ1) is 18.3. The van der Waals surface area contributed by atoms with E-state index in [1.807, 2.05) is 0 Å². The van der Waals surface area contributed by atoms with E-state index in [-0.39, 0.29) is 5.54 Å². The molecular weight excluding hydrogens is 332 g/mol. The molecule has 4 heteroatoms. The molecule has 1 aliphatic heterocycles. The Morgan fingerprint density at radius 1 is 1.07 bits per heavy atom. The van der Waals surface area contributed by atoms with Gasteiger partial charge in [-0.25, -0.2) is 4.98 Å². The zero-order valence-corrected chi connectivity index (χ0v) is 17.1. The number of hydrogen-bond donors (Lipinski definition) is 1. The predicted octanol–water partition coefficient (Wildman–Crippen LogP) is 5.30. The minimum atomic E-state index is 0.0293. The first-order valence-corrected chi connectivity index (χ1v) is 10.4. The molecule has 2 heterocycles. The third-order valence-corrected chi connectivity index (χ3v) is 6.09. The number of fused-ring (bicyclic) bond motifs is 1. The summed E-state index contributed by atoms with van der Waals surface area (Å²) >= 11 is 0. The Labute approximate surface area is 163 Å². The van der Waals surface area contributed by atoms with E-state index >= 15 is 0 Å². The molecule has 1 aromatic heterocycles. The highest BCUT2D eigenvalue weighted by Gasteiger charge is 2.34. The highest BCUT2D eigenvalue weighted by atomic mass is 15.3. The molecule has 0 amide bonds. The van der Waals surface area contributed by atoms with E-state index in [0.717, 1.165) is 30.4 Å². The predicted molar refractivity (Wildman–Crippen MR) is 112 cm³/mol. The Morgan fingerprint density at radius 2 is 1.78 bits per heavy atom. The van der Waals surface area contributed by atoms with Crippen molar-refractivity contribution in [1.82, 2.24) is 9.97 Å². The Kier molecular flexibility index (Phi) is 4.83. The minimum absolute atomic E-state index is 0.0293. The first-order valence-electron chi connectivity index (χ1n) is 10.4. The van der Waals surface area contributed by atoms with Crippen molar-refractivity contribution in [1.29, 1.82) is 0 Å². The van der Waals surface area contributed by atoms with Crippen LogP contribution >= 0.6 is 0 Å². The number of aromatic nitrogens is 2. The van der Waals surface area contributed by atoms with Gasteiger partial charge in [0, 0.05) is 24.2 Å². The van der Waals surface area contributed by atoms with Crippen LogP contribution in [0.4, 0.5) is 11.8 Å². The maximum absolute atomic E-state index is 4.98. The molecule has 0 unspecified atom stereocenters. The third-order valence-electron chi connectivity index (χ3n) is 6.09. The molecular formula is C23H32N4. The molecule has 1 saturated carbocycles. The lowest BCUT2D eigenvalue weighted by molar-refractivity contribution is 0.427. The second kappa shape index (κ2) is 7.14. The second-order valence-electron chi connectivity index (χ2n) is 9.10. The summed E-state index contributed by atoms with van der Waals surface area (Å²) < 4.78 is 0. The van der Waals surface area contributed by atoms with Crippen molar-refractivity contribution >= 4 is 11.8 Å². The topological polar surface area (TPSA) is 41.1 Å². The second-order valence-corrected chi connectivity index (χ2v) is 9.10. The molecule has 144 valence electrons. The van der Waals surface area contributed by atoms with Crippen LogP contribution in [-0.2, 0) is 13.0 Å². The smallest absolute Gasteiger partial charge is 0.225 e. The molecule has 4 rings (SSSR count). The molecule has 0 saturated heterocycles. The van der Waals surface area contributed by atoms with Gasteiger partial charge in [-0.15, -0.1) is 0 Å². The van der Waals surface area contributed by atoms with Crippen LogP contribution in [0.25, 0.3) is 0 Å². The summed E-state index contributed by atoms with van der Waals surface area (Å²) in [5.41, 5.74) is 4.02. The van der Waals surface area contributed by atoms with Crippen LogP contribution in [0.5, 0.6) is 0 Å². The summed E-state index contributed by atoms with van der Waals surface area (Å²) in [6.45, 7) is 9.97. The van der Waals surface area contributed by atoms with Crippen molar-refractivity contribution in [2.45, 2.75) is 83.8 Å². The SMILES string of the molecule is CC(C)c1cc(N2Cc3ccccc3CC2(C)C)nc(NC2CCCC2)n1. The van der Waals surface area contributed by atoms with E-state index in [1.54, 1.807) is 0 Å². The van der Waals surface area contributed by atoms with E-state index < -0.39 is 0 Å². The summed E-state index contributed by atoms with van der Waals surface area (Å²) in [4.78, 5) is 12.3. The molecule has 1 aliphatic carbocycles. The molecule has 0 bridgehead atoms. The van der Waals surface area contributed by atoms with Crippen LogP contribution in [0, 0.1) is 0 Å². The summed E-state index contributed by atoms with van der Waals surface area (Å²) in [7, 11) is 0. The van der Waals surface area contributed by atoms with Crippen molar-refractivity contribution in [3.05, 3.63) is 47.2 Å². The Morgan fingerprint density at radius 3 is 2.48 bits per heavy atom. The number of nitrogens with one attached hydrogen (secondary N) is 1. The van der Waals surface area contributed by atoms with Gasteiger partial charge < -0.3 is 10.2 Å². The van der Waals surface area contributed by atoms with Gasteiger partial charge in [-0.05, 0) is 50.2 Å². The van der Waals surface area contributed by atoms with E-state index in [4.69, 9.17) is 9.97 Å². The lowest BCUT2D eigenvalue weighted by Crippen LogP contribution is -2.49. The molecule has 27 heavy (non-hydrogen) atoms. The molecule has 4 nitrogen and oxygen atoms in total. The van der Waals surface area contributed by atoms with Crippen LogP contribution < -0.4 is 10.2 Å². The molecule has 2 aliphatic rings. The number of nitrogens with zero attached hydrogens (tertiary/aromatic N) is 3. The van der Waals surface area contributed by atoms with Crippen LogP contribution in [0.1, 0.15) is 76.1 Å². The molecule has 0 radical (unpaired) electrons. The zero-order valence-electron chi connectivity index (χ0n) is 17.1. The van der Waals surface area contributed by atoms with Crippen LogP contribution in [0.2, 0.25) is 0 Å². The van der Waals surface area contributed by atoms with E-state index in [1.165, 1.54) is 36.8 Å². The zero-order chi connectivity index (χ0) is 19.0. The fraction of sp³-hybridized carbons (Fsp3) is 0.565. The van der Waals surface area contributed by atoms with Crippen molar-refractivity contribution in [3.8, 4) is 0 Å². The molecule has 1 aromatic carbocycles. The van der Waals surface area contributed by atoms with Crippen molar-refractivity contribution < 1.29 is 0 Å². The molecule has 2 aromatic rings. The van der Waals surface area contributed by atoms with Crippen LogP contribution in [0.15, 0.2) is 30.3 Å². The molecule has 1 fully saturated rings. The quantitative estimate of drug-likeness (QED) is 0.800. The number of rotatable bonds is 4. The van der Waals surface area contributed by atoms with Gasteiger partial charge >= 0.3 is 0 Å². The van der Waals surface area contributed by atoms with Gasteiger partial charge in [0.2, 0.25) is 5.95 Å². The first-order chi connectivity index (χ1) is 12.9. The monoisotopic (exact) mass is 364 g/mol. The average molecular weight is 365 g/mol. The van der Waals surface area contributed by atoms with Gasteiger partial charge in [0.15, 0.2) is 0 Å². The van der Waals surface area contributed by atoms with Gasteiger partial charge in [0.1, 0.15) is 5.82 Å². The largest absolute Gasteiger partial charge is 0.351 e. The van der Waals surface area contributed by atoms with Crippen LogP contribution in [-0.4, -0.2) is 21.5 Å². The maximum Gasteiger partial charge on any atom is 0.225 e. The van der Waals surface area contributed by atoms with Gasteiger partial charge in [0.25, 0.3) is 0 Å². The number of anilines is 2. The molecule has 0 atom stereocenters. The van der Waals surface area contributed by atoms with Gasteiger partial charge in [-0.1, -0.05) is 51.0 Å². The highest BCUT2D eigenvalue weighted by Crippen LogP contribution is 2.35. The normalized spacial score (nSPS) is 19.4. The van der Waals surface area contributed by atoms with Gasteiger partial charge in [-0.2, -0.15) is 4.98 Å². The number of benzene rings is 1. The maximum atomic E-state index is 4.98. The lowest BCUT2D eigenvalue weighted by atomic mass is 9.85. The summed E-state index contributed by atoms with van der Waals surface area (Å²) in [5, 5.41) is 3.61. The minimum Gasteiger partial charge on any atom is -0.351 e. The summed E-state index contributed by atoms with van der Waals surface area (Å²) in [6, 6.07) is 11.5. The van der Waals surface area contributed by atoms with E-state index in [0.29, 0.717) is 12.0 Å². The molecule has 1 N–H and O–H groups in total. The third kappa shape index (κ3) is 3.80. The summed E-state index contributed by atoms with van der Waals surface area (Å²) in [5.74, 6) is 2.24. The van der Waals surface area contributed by atoms with E-state index in [2.05, 4.69) is 68.2 Å². The van der Waals surface area contributed by atoms with Crippen molar-refractivity contribution in [2.24, 2.45) is 0 Å². The molecule has 0 spiro atoms.